The summed E-state index contributed by atoms with van der Waals surface area (Å²) in [4.78, 5) is 4.61. The van der Waals surface area contributed by atoms with Gasteiger partial charge in [0.25, 0.3) is 0 Å². The van der Waals surface area contributed by atoms with Gasteiger partial charge >= 0.3 is 0 Å². The smallest absolute Gasteiger partial charge is 0.125 e. The highest BCUT2D eigenvalue weighted by molar-refractivity contribution is 6.31. The van der Waals surface area contributed by atoms with E-state index in [2.05, 4.69) is 34.7 Å². The van der Waals surface area contributed by atoms with Crippen LogP contribution in [0, 0.1) is 6.92 Å². The molecule has 0 amide bonds. The Balaban J connectivity index is 2.12. The van der Waals surface area contributed by atoms with Crippen LogP contribution in [0.1, 0.15) is 17.0 Å². The number of rotatable bonds is 3. The molecule has 0 spiro atoms. The third-order valence-electron chi connectivity index (χ3n) is 3.39. The second kappa shape index (κ2) is 5.47. The van der Waals surface area contributed by atoms with Crippen LogP contribution in [0.15, 0.2) is 42.5 Å². The minimum Gasteiger partial charge on any atom is -0.322 e. The van der Waals surface area contributed by atoms with Crippen molar-refractivity contribution >= 4 is 34.2 Å². The van der Waals surface area contributed by atoms with Crippen molar-refractivity contribution in [1.29, 1.82) is 0 Å². The molecule has 4 heteroatoms. The zero-order valence-corrected chi connectivity index (χ0v) is 12.6. The Hall–Kier alpha value is -1.51. The van der Waals surface area contributed by atoms with Gasteiger partial charge in [-0.25, -0.2) is 4.98 Å². The van der Waals surface area contributed by atoms with Gasteiger partial charge < -0.3 is 4.57 Å². The number of imidazole rings is 1. The first-order chi connectivity index (χ1) is 9.69. The molecule has 102 valence electrons. The normalized spacial score (nSPS) is 11.2. The van der Waals surface area contributed by atoms with Crippen molar-refractivity contribution in [2.45, 2.75) is 19.3 Å². The van der Waals surface area contributed by atoms with E-state index < -0.39 is 0 Å². The predicted molar refractivity (Wildman–Crippen MR) is 84.6 cm³/mol. The molecule has 0 atom stereocenters. The van der Waals surface area contributed by atoms with Gasteiger partial charge in [-0.1, -0.05) is 35.9 Å². The lowest BCUT2D eigenvalue weighted by Gasteiger charge is -2.09. The summed E-state index contributed by atoms with van der Waals surface area (Å²) in [6.07, 6.45) is 0. The van der Waals surface area contributed by atoms with Gasteiger partial charge in [-0.15, -0.1) is 11.6 Å². The summed E-state index contributed by atoms with van der Waals surface area (Å²) in [7, 11) is 0. The van der Waals surface area contributed by atoms with Crippen LogP contribution >= 0.6 is 23.2 Å². The average molecular weight is 305 g/mol. The van der Waals surface area contributed by atoms with Crippen LogP contribution in [0.3, 0.4) is 0 Å². The number of benzene rings is 2. The lowest BCUT2D eigenvalue weighted by molar-refractivity contribution is 0.779. The summed E-state index contributed by atoms with van der Waals surface area (Å²) in [6, 6.07) is 14.1. The third kappa shape index (κ3) is 2.41. The maximum absolute atomic E-state index is 6.25. The fourth-order valence-electron chi connectivity index (χ4n) is 2.37. The van der Waals surface area contributed by atoms with Gasteiger partial charge in [0.2, 0.25) is 0 Å². The summed E-state index contributed by atoms with van der Waals surface area (Å²) in [5, 5.41) is 0.766. The maximum atomic E-state index is 6.25. The zero-order valence-electron chi connectivity index (χ0n) is 11.1. The van der Waals surface area contributed by atoms with E-state index in [4.69, 9.17) is 23.2 Å². The highest BCUT2D eigenvalue weighted by atomic mass is 35.5. The molecule has 0 N–H and O–H groups in total. The van der Waals surface area contributed by atoms with Crippen molar-refractivity contribution in [1.82, 2.24) is 9.55 Å². The van der Waals surface area contributed by atoms with Gasteiger partial charge in [-0.3, -0.25) is 0 Å². The standard InChI is InChI=1S/C16H14Cl2N2/c1-11-6-7-15-14(8-11)19-16(9-17)20(15)10-12-4-2-3-5-13(12)18/h2-8H,9-10H2,1H3. The second-order valence-corrected chi connectivity index (χ2v) is 5.51. The van der Waals surface area contributed by atoms with E-state index in [0.717, 1.165) is 27.4 Å². The lowest BCUT2D eigenvalue weighted by Crippen LogP contribution is -2.04. The van der Waals surface area contributed by atoms with Crippen molar-refractivity contribution in [2.24, 2.45) is 0 Å². The Morgan fingerprint density at radius 2 is 1.95 bits per heavy atom. The van der Waals surface area contributed by atoms with Crippen molar-refractivity contribution in [3.05, 3.63) is 64.4 Å². The van der Waals surface area contributed by atoms with E-state index in [1.54, 1.807) is 0 Å². The number of alkyl halides is 1. The Bertz CT molecular complexity index is 762. The molecular weight excluding hydrogens is 291 g/mol. The minimum atomic E-state index is 0.387. The van der Waals surface area contributed by atoms with Crippen LogP contribution in [0.2, 0.25) is 5.02 Å². The number of nitrogens with zero attached hydrogens (tertiary/aromatic N) is 2. The number of fused-ring (bicyclic) bond motifs is 1. The van der Waals surface area contributed by atoms with Crippen LogP contribution in [-0.4, -0.2) is 9.55 Å². The van der Waals surface area contributed by atoms with Crippen LogP contribution in [0.4, 0.5) is 0 Å². The van der Waals surface area contributed by atoms with Gasteiger partial charge in [0.1, 0.15) is 5.82 Å². The van der Waals surface area contributed by atoms with Crippen molar-refractivity contribution in [2.75, 3.05) is 0 Å². The fourth-order valence-corrected chi connectivity index (χ4v) is 2.76. The molecule has 0 saturated heterocycles. The molecular formula is C16H14Cl2N2. The summed E-state index contributed by atoms with van der Waals surface area (Å²) in [6.45, 7) is 2.74. The largest absolute Gasteiger partial charge is 0.322 e. The number of aryl methyl sites for hydroxylation is 1. The highest BCUT2D eigenvalue weighted by Crippen LogP contribution is 2.23. The molecule has 1 heterocycles. The number of hydrogen-bond donors (Lipinski definition) is 0. The van der Waals surface area contributed by atoms with E-state index in [1.165, 1.54) is 5.56 Å². The van der Waals surface area contributed by atoms with E-state index in [0.29, 0.717) is 12.4 Å². The molecule has 3 aromatic rings. The molecule has 0 aliphatic carbocycles. The Kier molecular flexibility index (Phi) is 3.68. The van der Waals surface area contributed by atoms with Crippen LogP contribution in [-0.2, 0) is 12.4 Å². The van der Waals surface area contributed by atoms with Crippen LogP contribution < -0.4 is 0 Å². The Morgan fingerprint density at radius 1 is 1.15 bits per heavy atom. The molecule has 1 aromatic heterocycles. The molecule has 2 aromatic carbocycles. The fraction of sp³-hybridized carbons (Fsp3) is 0.188. The van der Waals surface area contributed by atoms with Crippen molar-refractivity contribution in [3.8, 4) is 0 Å². The van der Waals surface area contributed by atoms with E-state index in [-0.39, 0.29) is 0 Å². The average Bonchev–Trinajstić information content (AvgIpc) is 2.78. The zero-order chi connectivity index (χ0) is 14.1. The first-order valence-electron chi connectivity index (χ1n) is 6.44. The first kappa shape index (κ1) is 13.5. The molecule has 20 heavy (non-hydrogen) atoms. The van der Waals surface area contributed by atoms with Crippen LogP contribution in [0.25, 0.3) is 11.0 Å². The minimum absolute atomic E-state index is 0.387. The van der Waals surface area contributed by atoms with Crippen LogP contribution in [0.5, 0.6) is 0 Å². The van der Waals surface area contributed by atoms with Gasteiger partial charge in [-0.2, -0.15) is 0 Å². The van der Waals surface area contributed by atoms with Gasteiger partial charge in [-0.05, 0) is 36.2 Å². The molecule has 0 unspecified atom stereocenters. The van der Waals surface area contributed by atoms with Crippen molar-refractivity contribution < 1.29 is 0 Å². The number of halogens is 2. The van der Waals surface area contributed by atoms with E-state index >= 15 is 0 Å². The lowest BCUT2D eigenvalue weighted by atomic mass is 10.2. The molecule has 0 aliphatic rings. The van der Waals surface area contributed by atoms with Gasteiger partial charge in [0.15, 0.2) is 0 Å². The Morgan fingerprint density at radius 3 is 2.70 bits per heavy atom. The SMILES string of the molecule is Cc1ccc2c(c1)nc(CCl)n2Cc1ccccc1Cl. The number of hydrogen-bond acceptors (Lipinski definition) is 1. The van der Waals surface area contributed by atoms with Gasteiger partial charge in [0, 0.05) is 5.02 Å². The van der Waals surface area contributed by atoms with Crippen molar-refractivity contribution in [3.63, 3.8) is 0 Å². The summed E-state index contributed by atoms with van der Waals surface area (Å²) in [5.41, 5.74) is 4.33. The van der Waals surface area contributed by atoms with E-state index in [1.807, 2.05) is 24.3 Å². The third-order valence-corrected chi connectivity index (χ3v) is 4.00. The monoisotopic (exact) mass is 304 g/mol. The molecule has 0 saturated carbocycles. The maximum Gasteiger partial charge on any atom is 0.125 e. The molecule has 0 bridgehead atoms. The van der Waals surface area contributed by atoms with Gasteiger partial charge in [0.05, 0.1) is 23.5 Å². The molecule has 0 fully saturated rings. The second-order valence-electron chi connectivity index (χ2n) is 4.83. The molecule has 0 radical (unpaired) electrons. The molecule has 0 aliphatic heterocycles. The quantitative estimate of drug-likeness (QED) is 0.636. The topological polar surface area (TPSA) is 17.8 Å². The molecule has 2 nitrogen and oxygen atoms in total. The highest BCUT2D eigenvalue weighted by Gasteiger charge is 2.11. The first-order valence-corrected chi connectivity index (χ1v) is 7.35. The summed E-state index contributed by atoms with van der Waals surface area (Å²) < 4.78 is 2.13. The summed E-state index contributed by atoms with van der Waals surface area (Å²) in [5.74, 6) is 1.25. The summed E-state index contributed by atoms with van der Waals surface area (Å²) >= 11 is 12.3. The Labute approximate surface area is 128 Å². The molecule has 3 rings (SSSR count). The van der Waals surface area contributed by atoms with E-state index in [9.17, 15) is 0 Å². The number of aromatic nitrogens is 2. The predicted octanol–water partition coefficient (Wildman–Crippen LogP) is 4.79.